The maximum atomic E-state index is 0. The molecule has 4 heteroatoms. The third-order valence-electron chi connectivity index (χ3n) is 0. The van der Waals surface area contributed by atoms with Gasteiger partial charge in [-0.25, -0.2) is 0 Å². The van der Waals surface area contributed by atoms with E-state index in [1.54, 1.807) is 0 Å². The molecule has 0 bridgehead atoms. The van der Waals surface area contributed by atoms with E-state index in [9.17, 15) is 0 Å². The first-order valence-electron chi connectivity index (χ1n) is 0. The smallest absolute Gasteiger partial charge is 0 e. The van der Waals surface area contributed by atoms with Crippen LogP contribution in [-0.2, 0) is 61.3 Å². The Kier molecular flexibility index (Phi) is 107. The summed E-state index contributed by atoms with van der Waals surface area (Å²) in [5, 5.41) is 0. The van der Waals surface area contributed by atoms with Gasteiger partial charge < -0.3 is 0 Å². The second-order valence-electron chi connectivity index (χ2n) is 0. The van der Waals surface area contributed by atoms with E-state index >= 15 is 0 Å². The molecule has 0 amide bonds. The zero-order valence-corrected chi connectivity index (χ0v) is 9.25. The van der Waals surface area contributed by atoms with Crippen molar-refractivity contribution >= 4 is 0 Å². The van der Waals surface area contributed by atoms with E-state index in [0.29, 0.717) is 0 Å². The molecule has 0 aliphatic heterocycles. The molecular formula is CePd3. The Bertz CT molecular complexity index is 3.25. The molecule has 0 radical (unpaired) electrons. The molecule has 0 aromatic rings. The first-order chi connectivity index (χ1) is 0. The third kappa shape index (κ3) is 9.03. The van der Waals surface area contributed by atoms with E-state index in [4.69, 9.17) is 0 Å². The van der Waals surface area contributed by atoms with E-state index in [0.717, 1.165) is 0 Å². The summed E-state index contributed by atoms with van der Waals surface area (Å²) in [4.78, 5) is 0. The largest absolute Gasteiger partial charge is 0 e. The molecule has 0 N–H and O–H groups in total. The van der Waals surface area contributed by atoms with Crippen molar-refractivity contribution in [3.8, 4) is 0 Å². The first-order valence-corrected chi connectivity index (χ1v) is 0. The van der Waals surface area contributed by atoms with Crippen LogP contribution in [0.25, 0.3) is 0 Å². The van der Waals surface area contributed by atoms with Crippen LogP contribution < -0.4 is 0 Å². The van der Waals surface area contributed by atoms with Gasteiger partial charge in [-0.05, 0) is 0 Å². The van der Waals surface area contributed by atoms with Gasteiger partial charge in [-0.3, -0.25) is 0 Å². The monoisotopic (exact) mass is 458 g/mol. The summed E-state index contributed by atoms with van der Waals surface area (Å²) in [6.07, 6.45) is 0. The SMILES string of the molecule is [Ce].[Pd].[Pd].[Pd]. The molecule has 0 rings (SSSR count). The molecule has 0 aromatic carbocycles. The molecule has 0 spiro atoms. The molecule has 34 valence electrons. The molecule has 0 aliphatic carbocycles. The summed E-state index contributed by atoms with van der Waals surface area (Å²) in [5.41, 5.74) is 0. The average Bonchev–Trinajstić information content (AvgIpc) is 0. The molecule has 0 aromatic heterocycles. The minimum atomic E-state index is 0. The Morgan fingerprint density at radius 3 is 0.500 bits per heavy atom. The van der Waals surface area contributed by atoms with Crippen LogP contribution in [0.3, 0.4) is 0 Å². The Morgan fingerprint density at radius 1 is 0.500 bits per heavy atom. The number of hydrogen-bond donors (Lipinski definition) is 0. The van der Waals surface area contributed by atoms with Gasteiger partial charge in [0.25, 0.3) is 0 Å². The van der Waals surface area contributed by atoms with Crippen molar-refractivity contribution in [3.05, 3.63) is 0 Å². The van der Waals surface area contributed by atoms with Crippen molar-refractivity contribution in [2.75, 3.05) is 0 Å². The summed E-state index contributed by atoms with van der Waals surface area (Å²) in [7, 11) is 0. The van der Waals surface area contributed by atoms with Gasteiger partial charge >= 0.3 is 0 Å². The van der Waals surface area contributed by atoms with E-state index < -0.39 is 0 Å². The summed E-state index contributed by atoms with van der Waals surface area (Å²) < 4.78 is 0. The predicted molar refractivity (Wildman–Crippen MR) is 0 cm³/mol. The van der Waals surface area contributed by atoms with E-state index in [-0.39, 0.29) is 103 Å². The summed E-state index contributed by atoms with van der Waals surface area (Å²) >= 11 is 0. The Morgan fingerprint density at radius 2 is 0.500 bits per heavy atom. The fraction of sp³-hybridized carbons (Fsp3) is 0. The van der Waals surface area contributed by atoms with Crippen LogP contribution in [0, 0.1) is 41.7 Å². The van der Waals surface area contributed by atoms with Crippen LogP contribution in [0.2, 0.25) is 0 Å². The van der Waals surface area contributed by atoms with E-state index in [1.165, 1.54) is 0 Å². The zero-order valence-electron chi connectivity index (χ0n) is 1.45. The maximum absolute atomic E-state index is 0. The van der Waals surface area contributed by atoms with Crippen LogP contribution in [0.4, 0.5) is 0 Å². The first kappa shape index (κ1) is 26.4. The van der Waals surface area contributed by atoms with Gasteiger partial charge in [0.2, 0.25) is 0 Å². The maximum Gasteiger partial charge on any atom is 0 e. The van der Waals surface area contributed by atoms with Crippen molar-refractivity contribution < 1.29 is 103 Å². The van der Waals surface area contributed by atoms with Crippen molar-refractivity contribution in [2.24, 2.45) is 0 Å². The second kappa shape index (κ2) is 16.2. The van der Waals surface area contributed by atoms with Crippen LogP contribution in [0.15, 0.2) is 0 Å². The topological polar surface area (TPSA) is 0 Å². The molecule has 0 saturated carbocycles. The summed E-state index contributed by atoms with van der Waals surface area (Å²) in [6.45, 7) is 0. The van der Waals surface area contributed by atoms with Gasteiger partial charge in [-0.1, -0.05) is 0 Å². The second-order valence-corrected chi connectivity index (χ2v) is 0. The summed E-state index contributed by atoms with van der Waals surface area (Å²) in [5.74, 6) is 0. The van der Waals surface area contributed by atoms with Crippen LogP contribution in [0.5, 0.6) is 0 Å². The fourth-order valence-corrected chi connectivity index (χ4v) is 0. The van der Waals surface area contributed by atoms with Crippen molar-refractivity contribution in [1.29, 1.82) is 0 Å². The van der Waals surface area contributed by atoms with Crippen molar-refractivity contribution in [2.45, 2.75) is 0 Å². The molecule has 4 heavy (non-hydrogen) atoms. The Hall–Kier alpha value is 3.36. The quantitative estimate of drug-likeness (QED) is 0.448. The van der Waals surface area contributed by atoms with Gasteiger partial charge in [0.05, 0.1) is 0 Å². The van der Waals surface area contributed by atoms with Gasteiger partial charge in [0.1, 0.15) is 0 Å². The molecule has 0 heterocycles. The Labute approximate surface area is 101 Å². The molecule has 0 aliphatic rings. The molecule has 0 atom stereocenters. The van der Waals surface area contributed by atoms with Crippen molar-refractivity contribution in [3.63, 3.8) is 0 Å². The third-order valence-corrected chi connectivity index (χ3v) is 0. The van der Waals surface area contributed by atoms with Crippen LogP contribution in [-0.4, -0.2) is 0 Å². The molecule has 0 saturated heterocycles. The fourth-order valence-electron chi connectivity index (χ4n) is 0. The minimum Gasteiger partial charge on any atom is 0 e. The predicted octanol–water partition coefficient (Wildman–Crippen LogP) is -0.00750. The van der Waals surface area contributed by atoms with Gasteiger partial charge in [0, 0.05) is 103 Å². The number of rotatable bonds is 0. The van der Waals surface area contributed by atoms with Gasteiger partial charge in [-0.15, -0.1) is 0 Å². The minimum absolute atomic E-state index is 0. The van der Waals surface area contributed by atoms with E-state index in [2.05, 4.69) is 0 Å². The van der Waals surface area contributed by atoms with Crippen LogP contribution in [0.1, 0.15) is 0 Å². The molecule has 0 fully saturated rings. The Balaban J connectivity index is 0. The van der Waals surface area contributed by atoms with Crippen LogP contribution >= 0.6 is 0 Å². The zero-order chi connectivity index (χ0) is 0. The average molecular weight is 459 g/mol. The summed E-state index contributed by atoms with van der Waals surface area (Å²) in [6, 6.07) is 0. The van der Waals surface area contributed by atoms with Gasteiger partial charge in [-0.2, -0.15) is 0 Å². The van der Waals surface area contributed by atoms with Gasteiger partial charge in [0.15, 0.2) is 0 Å². The van der Waals surface area contributed by atoms with Crippen molar-refractivity contribution in [1.82, 2.24) is 0 Å². The number of hydrogen-bond acceptors (Lipinski definition) is 0. The normalized spacial score (nSPS) is 0. The molecule has 0 nitrogen and oxygen atoms in total. The molecular weight excluding hydrogens is 459 g/mol. The van der Waals surface area contributed by atoms with E-state index in [1.807, 2.05) is 0 Å². The standard InChI is InChI=1S/Ce.3Pd. The molecule has 0 unspecified atom stereocenters.